The molecule has 1 aliphatic heterocycles. The van der Waals surface area contributed by atoms with Gasteiger partial charge in [-0.2, -0.15) is 0 Å². The van der Waals surface area contributed by atoms with Crippen molar-refractivity contribution in [1.29, 1.82) is 0 Å². The topological polar surface area (TPSA) is 38.4 Å². The molecule has 0 bridgehead atoms. The number of furan rings is 1. The van der Waals surface area contributed by atoms with Gasteiger partial charge in [-0.3, -0.25) is 0 Å². The van der Waals surface area contributed by atoms with E-state index < -0.39 is 13.3 Å². The first kappa shape index (κ1) is 41.1. The molecule has 3 heterocycles. The third-order valence-electron chi connectivity index (χ3n) is 11.6. The van der Waals surface area contributed by atoms with E-state index in [0.29, 0.717) is 11.8 Å². The molecular formula is C55H46GeIrN2O-2. The number of nitrogens with zero attached hydrogens (tertiary/aromatic N) is 2. The molecule has 5 heteroatoms. The normalized spacial score (nSPS) is 14.4. The number of rotatable bonds is 7. The van der Waals surface area contributed by atoms with Gasteiger partial charge in [0.05, 0.1) is 0 Å². The molecule has 1 radical (unpaired) electrons. The number of pyridine rings is 1. The zero-order valence-corrected chi connectivity index (χ0v) is 39.0. The molecule has 0 amide bonds. The predicted molar refractivity (Wildman–Crippen MR) is 250 cm³/mol. The van der Waals surface area contributed by atoms with Gasteiger partial charge in [-0.25, -0.2) is 0 Å². The number of aliphatic imine (C=N–C) groups is 1. The van der Waals surface area contributed by atoms with Crippen molar-refractivity contribution in [3.05, 3.63) is 205 Å². The number of aromatic nitrogens is 1. The maximum atomic E-state index is 6.84. The smallest absolute Gasteiger partial charge is 0.0160 e. The number of para-hydroxylation sites is 1. The maximum absolute atomic E-state index is 6.84. The van der Waals surface area contributed by atoms with Crippen LogP contribution in [0.1, 0.15) is 56.2 Å². The zero-order chi connectivity index (χ0) is 40.5. The molecule has 0 N–H and O–H groups in total. The van der Waals surface area contributed by atoms with Gasteiger partial charge in [-0.15, -0.1) is 35.9 Å². The Morgan fingerprint density at radius 3 is 1.87 bits per heavy atom. The van der Waals surface area contributed by atoms with Crippen LogP contribution in [0.2, 0.25) is 5.76 Å². The predicted octanol–water partition coefficient (Wildman–Crippen LogP) is 13.4. The van der Waals surface area contributed by atoms with Crippen molar-refractivity contribution in [2.75, 3.05) is 0 Å². The SMILES string of the molecule is CC(C)c1cc(-c2ccccc2)cc(C(C)C)[c]1[Ge]1([CH3])[C](c2[c-]ccc3c2oc2cc(-c4ccccc4)ccc23)=Nc2cccc[c]21.[Ir].[c-]1ccccc1-c1ccccn1. The van der Waals surface area contributed by atoms with Crippen molar-refractivity contribution in [3.8, 4) is 33.5 Å². The van der Waals surface area contributed by atoms with Crippen LogP contribution in [0.3, 0.4) is 0 Å². The summed E-state index contributed by atoms with van der Waals surface area (Å²) in [4.78, 5) is 9.74. The van der Waals surface area contributed by atoms with E-state index in [4.69, 9.17) is 9.41 Å². The second-order valence-corrected chi connectivity index (χ2v) is 24.0. The van der Waals surface area contributed by atoms with Crippen LogP contribution in [0.5, 0.6) is 0 Å². The number of hydrogen-bond donors (Lipinski definition) is 0. The molecule has 3 nitrogen and oxygen atoms in total. The molecule has 0 aliphatic carbocycles. The second kappa shape index (κ2) is 17.5. The molecule has 60 heavy (non-hydrogen) atoms. The first-order valence-electron chi connectivity index (χ1n) is 20.5. The largest absolute Gasteiger partial charge is 0.305 e. The molecule has 0 saturated carbocycles. The van der Waals surface area contributed by atoms with Crippen LogP contribution >= 0.6 is 0 Å². The quantitative estimate of drug-likeness (QED) is 0.118. The van der Waals surface area contributed by atoms with Crippen molar-refractivity contribution in [1.82, 2.24) is 4.98 Å². The molecule has 0 fully saturated rings. The van der Waals surface area contributed by atoms with Gasteiger partial charge in [0.1, 0.15) is 0 Å². The first-order chi connectivity index (χ1) is 28.8. The third-order valence-corrected chi connectivity index (χ3v) is 20.8. The van der Waals surface area contributed by atoms with Crippen LogP contribution in [0.4, 0.5) is 5.69 Å². The van der Waals surface area contributed by atoms with E-state index in [1.165, 1.54) is 41.2 Å². The Balaban J connectivity index is 0.000000329. The van der Waals surface area contributed by atoms with Gasteiger partial charge in [0.15, 0.2) is 0 Å². The molecule has 9 aromatic rings. The van der Waals surface area contributed by atoms with Gasteiger partial charge in [-0.05, 0) is 11.8 Å². The van der Waals surface area contributed by atoms with Crippen LogP contribution in [-0.2, 0) is 20.1 Å². The van der Waals surface area contributed by atoms with Gasteiger partial charge in [0.25, 0.3) is 0 Å². The fraction of sp³-hybridized carbons (Fsp3) is 0.127. The molecular weight excluding hydrogens is 969 g/mol. The molecule has 0 saturated heterocycles. The van der Waals surface area contributed by atoms with E-state index in [1.54, 1.807) is 6.20 Å². The minimum Gasteiger partial charge on any atom is -0.305 e. The maximum Gasteiger partial charge on any atom is 0.0160 e. The minimum absolute atomic E-state index is 0. The van der Waals surface area contributed by atoms with Gasteiger partial charge in [0.2, 0.25) is 0 Å². The average Bonchev–Trinajstić information content (AvgIpc) is 3.82. The number of fused-ring (bicyclic) bond motifs is 4. The fourth-order valence-corrected chi connectivity index (χ4v) is 18.7. The second-order valence-electron chi connectivity index (χ2n) is 16.1. The van der Waals surface area contributed by atoms with Gasteiger partial charge >= 0.3 is 281 Å². The zero-order valence-electron chi connectivity index (χ0n) is 34.5. The van der Waals surface area contributed by atoms with Crippen molar-refractivity contribution < 1.29 is 24.5 Å². The van der Waals surface area contributed by atoms with E-state index in [1.807, 2.05) is 42.5 Å². The Morgan fingerprint density at radius 1 is 0.567 bits per heavy atom. The van der Waals surface area contributed by atoms with Gasteiger partial charge in [0, 0.05) is 26.3 Å². The molecule has 7 aromatic carbocycles. The summed E-state index contributed by atoms with van der Waals surface area (Å²) in [7, 11) is 0. The van der Waals surface area contributed by atoms with Crippen molar-refractivity contribution >= 4 is 54.2 Å². The van der Waals surface area contributed by atoms with E-state index >= 15 is 0 Å². The average molecular weight is 1020 g/mol. The summed E-state index contributed by atoms with van der Waals surface area (Å²) in [5.41, 5.74) is 13.6. The Kier molecular flexibility index (Phi) is 12.0. The molecule has 10 rings (SSSR count). The minimum atomic E-state index is -3.41. The summed E-state index contributed by atoms with van der Waals surface area (Å²) in [5, 5.41) is 2.24. The Labute approximate surface area is 370 Å². The molecule has 0 spiro atoms. The summed E-state index contributed by atoms with van der Waals surface area (Å²) >= 11 is -3.41. The summed E-state index contributed by atoms with van der Waals surface area (Å²) in [6.45, 7) is 9.38. The van der Waals surface area contributed by atoms with Crippen LogP contribution in [0.15, 0.2) is 185 Å². The van der Waals surface area contributed by atoms with Crippen LogP contribution in [-0.4, -0.2) is 22.8 Å². The Bertz CT molecular complexity index is 2880. The van der Waals surface area contributed by atoms with Crippen molar-refractivity contribution in [2.24, 2.45) is 4.99 Å². The summed E-state index contributed by atoms with van der Waals surface area (Å²) < 4.78 is 11.0. The van der Waals surface area contributed by atoms with E-state index in [0.717, 1.165) is 50.0 Å². The number of benzene rings is 7. The molecule has 297 valence electrons. The number of hydrogen-bond acceptors (Lipinski definition) is 3. The Morgan fingerprint density at radius 2 is 1.22 bits per heavy atom. The molecule has 2 aromatic heterocycles. The van der Waals surface area contributed by atoms with E-state index in [2.05, 4.69) is 178 Å². The summed E-state index contributed by atoms with van der Waals surface area (Å²) in [6, 6.07) is 66.4. The fourth-order valence-electron chi connectivity index (χ4n) is 8.69. The van der Waals surface area contributed by atoms with Crippen LogP contribution < -0.4 is 8.79 Å². The summed E-state index contributed by atoms with van der Waals surface area (Å²) in [5.74, 6) is 3.26. The third kappa shape index (κ3) is 7.65. The van der Waals surface area contributed by atoms with Gasteiger partial charge < -0.3 is 4.98 Å². The first-order valence-corrected chi connectivity index (χ1v) is 25.8. The summed E-state index contributed by atoms with van der Waals surface area (Å²) in [6.07, 6.45) is 1.79. The molecule has 1 aliphatic rings. The van der Waals surface area contributed by atoms with Crippen LogP contribution in [0, 0.1) is 12.1 Å². The van der Waals surface area contributed by atoms with E-state index in [-0.39, 0.29) is 20.1 Å². The van der Waals surface area contributed by atoms with Crippen molar-refractivity contribution in [3.63, 3.8) is 0 Å². The van der Waals surface area contributed by atoms with Crippen molar-refractivity contribution in [2.45, 2.75) is 45.3 Å². The van der Waals surface area contributed by atoms with E-state index in [9.17, 15) is 0 Å². The Hall–Kier alpha value is -5.65. The standard InChI is InChI=1S/C44H38GeNO.C11H8N.Ir/c1-28(2)37-25-33(31-17-10-7-11-18-31)26-38(29(3)4)42(37)45(5)39-21-12-13-22-40(39)46-44(45)36-20-14-19-35-34-24-23-32(27-41(34)47-43(35)36)30-15-8-6-9-16-30;1-2-6-10(7-3-1)11-8-4-5-9-12-11;/h6-19,21-29H,1-5H3;1-6,8-9H;/q2*-1;. The monoisotopic (exact) mass is 1020 g/mol. The van der Waals surface area contributed by atoms with Crippen LogP contribution in [0.25, 0.3) is 55.4 Å². The molecule has 1 atom stereocenters. The van der Waals surface area contributed by atoms with Gasteiger partial charge in [-0.1, -0.05) is 12.1 Å². The molecule has 1 unspecified atom stereocenters.